The molecule has 2 aliphatic heterocycles. The lowest BCUT2D eigenvalue weighted by Crippen LogP contribution is -2.65. The molecule has 1 aromatic heterocycles. The van der Waals surface area contributed by atoms with E-state index < -0.39 is 5.67 Å². The number of alkyl halides is 1. The molecule has 214 valence electrons. The first-order valence-corrected chi connectivity index (χ1v) is 15.0. The molecular formula is C33H36FN3O4. The van der Waals surface area contributed by atoms with Gasteiger partial charge in [-0.15, -0.1) is 0 Å². The van der Waals surface area contributed by atoms with E-state index in [1.807, 2.05) is 41.3 Å². The molecule has 10 rings (SSSR count). The molecule has 0 radical (unpaired) electrons. The molecule has 0 unspecified atom stereocenters. The predicted molar refractivity (Wildman–Crippen MR) is 150 cm³/mol. The molecule has 0 atom stereocenters. The van der Waals surface area contributed by atoms with E-state index in [9.17, 15) is 9.18 Å². The quantitative estimate of drug-likeness (QED) is 0.291. The molecule has 0 spiro atoms. The second-order valence-electron chi connectivity index (χ2n) is 13.6. The number of benzene rings is 2. The fraction of sp³-hybridized carbons (Fsp3) is 0.545. The Morgan fingerprint density at radius 2 is 1.80 bits per heavy atom. The third-order valence-electron chi connectivity index (χ3n) is 10.6. The number of ether oxygens (including phenoxy) is 2. The van der Waals surface area contributed by atoms with Gasteiger partial charge >= 0.3 is 0 Å². The average Bonchev–Trinajstić information content (AvgIpc) is 3.71. The molecule has 1 amide bonds. The molecule has 0 N–H and O–H groups in total. The van der Waals surface area contributed by atoms with Gasteiger partial charge < -0.3 is 18.9 Å². The van der Waals surface area contributed by atoms with Crippen LogP contribution in [0.3, 0.4) is 0 Å². The van der Waals surface area contributed by atoms with Gasteiger partial charge in [0, 0.05) is 35.5 Å². The van der Waals surface area contributed by atoms with Crippen molar-refractivity contribution in [2.24, 2.45) is 10.8 Å². The predicted octanol–water partition coefficient (Wildman–Crippen LogP) is 6.72. The zero-order valence-corrected chi connectivity index (χ0v) is 23.5. The van der Waals surface area contributed by atoms with Crippen LogP contribution < -0.4 is 9.64 Å². The maximum Gasteiger partial charge on any atom is 0.258 e. The van der Waals surface area contributed by atoms with Crippen LogP contribution in [0.25, 0.3) is 11.5 Å². The maximum atomic E-state index is 14.3. The van der Waals surface area contributed by atoms with Crippen molar-refractivity contribution < 1.29 is 23.2 Å². The number of hydrogen-bond donors (Lipinski definition) is 0. The molecule has 41 heavy (non-hydrogen) atoms. The average molecular weight is 558 g/mol. The van der Waals surface area contributed by atoms with Gasteiger partial charge in [0.05, 0.1) is 19.3 Å². The van der Waals surface area contributed by atoms with E-state index in [4.69, 9.17) is 14.0 Å². The van der Waals surface area contributed by atoms with Crippen LogP contribution in [-0.2, 0) is 15.1 Å². The Hall–Kier alpha value is -3.26. The third kappa shape index (κ3) is 4.28. The van der Waals surface area contributed by atoms with Crippen LogP contribution in [0, 0.1) is 10.8 Å². The van der Waals surface area contributed by atoms with Crippen molar-refractivity contribution in [3.05, 3.63) is 59.9 Å². The minimum Gasteiger partial charge on any atom is -0.497 e. The highest BCUT2D eigenvalue weighted by Gasteiger charge is 2.69. The highest BCUT2D eigenvalue weighted by Crippen LogP contribution is 2.71. The van der Waals surface area contributed by atoms with Crippen molar-refractivity contribution in [2.45, 2.75) is 81.4 Å². The fourth-order valence-electron chi connectivity index (χ4n) is 8.02. The molecule has 8 heteroatoms. The standard InChI is InChI=1S/C33H36FN3O4/c1-39-26-9-7-24(8-10-26)33-13-11-30(12-14-33,21-40-33)20-37(27(38)16-31-17-32(34,18-31)19-31)25-4-2-3-23(15-25)29-35-28(36-41-29)22-5-6-22/h2-4,7-10,15,22H,5-6,11-14,16-21H2,1H3. The molecule has 5 aliphatic carbocycles. The Bertz CT molecular complexity index is 1450. The van der Waals surface area contributed by atoms with Gasteiger partial charge in [-0.05, 0) is 99.1 Å². The van der Waals surface area contributed by atoms with E-state index in [0.29, 0.717) is 50.6 Å². The monoisotopic (exact) mass is 557 g/mol. The first-order valence-electron chi connectivity index (χ1n) is 15.0. The lowest BCUT2D eigenvalue weighted by molar-refractivity contribution is -0.215. The first-order chi connectivity index (χ1) is 19.8. The van der Waals surface area contributed by atoms with Crippen molar-refractivity contribution in [3.63, 3.8) is 0 Å². The van der Waals surface area contributed by atoms with Crippen LogP contribution in [-0.4, -0.2) is 42.0 Å². The number of fused-ring (bicyclic) bond motifs is 3. The second-order valence-corrected chi connectivity index (χ2v) is 13.6. The summed E-state index contributed by atoms with van der Waals surface area (Å²) in [5.41, 5.74) is 1.25. The van der Waals surface area contributed by atoms with E-state index in [2.05, 4.69) is 22.3 Å². The Kier molecular flexibility index (Phi) is 5.51. The molecule has 3 aromatic rings. The van der Waals surface area contributed by atoms with Gasteiger partial charge in [-0.2, -0.15) is 4.98 Å². The summed E-state index contributed by atoms with van der Waals surface area (Å²) in [6.07, 6.45) is 7.95. The van der Waals surface area contributed by atoms with Crippen LogP contribution in [0.1, 0.15) is 81.5 Å². The number of halogens is 1. The normalized spacial score (nSPS) is 33.1. The van der Waals surface area contributed by atoms with E-state index in [1.54, 1.807) is 7.11 Å². The van der Waals surface area contributed by atoms with Crippen LogP contribution in [0.2, 0.25) is 0 Å². The molecular weight excluding hydrogens is 521 g/mol. The summed E-state index contributed by atoms with van der Waals surface area (Å²) in [4.78, 5) is 20.6. The smallest absolute Gasteiger partial charge is 0.258 e. The summed E-state index contributed by atoms with van der Waals surface area (Å²) in [6.45, 7) is 1.19. The highest BCUT2D eigenvalue weighted by atomic mass is 19.1. The third-order valence-corrected chi connectivity index (χ3v) is 10.6. The zero-order chi connectivity index (χ0) is 27.9. The van der Waals surface area contributed by atoms with Crippen molar-refractivity contribution in [1.82, 2.24) is 10.1 Å². The van der Waals surface area contributed by atoms with Crippen molar-refractivity contribution in [2.75, 3.05) is 25.2 Å². The summed E-state index contributed by atoms with van der Waals surface area (Å²) in [5, 5.41) is 4.18. The molecule has 5 saturated carbocycles. The van der Waals surface area contributed by atoms with Crippen LogP contribution >= 0.6 is 0 Å². The highest BCUT2D eigenvalue weighted by molar-refractivity contribution is 5.94. The van der Waals surface area contributed by atoms with Crippen molar-refractivity contribution in [3.8, 4) is 17.2 Å². The minimum atomic E-state index is -1.02. The van der Waals surface area contributed by atoms with Crippen LogP contribution in [0.15, 0.2) is 53.1 Å². The summed E-state index contributed by atoms with van der Waals surface area (Å²) >= 11 is 0. The Morgan fingerprint density at radius 3 is 2.44 bits per heavy atom. The van der Waals surface area contributed by atoms with Crippen molar-refractivity contribution >= 4 is 11.6 Å². The minimum absolute atomic E-state index is 0.0695. The first kappa shape index (κ1) is 25.5. The number of amides is 1. The number of aromatic nitrogens is 2. The molecule has 7 nitrogen and oxygen atoms in total. The number of hydrogen-bond acceptors (Lipinski definition) is 6. The summed E-state index contributed by atoms with van der Waals surface area (Å²) in [7, 11) is 1.68. The number of rotatable bonds is 9. The lowest BCUT2D eigenvalue weighted by atomic mass is 9.41. The van der Waals surface area contributed by atoms with E-state index in [0.717, 1.165) is 61.3 Å². The second kappa shape index (κ2) is 8.87. The molecule has 2 saturated heterocycles. The number of carbonyl (C=O) groups is 1. The Balaban J connectivity index is 1.05. The summed E-state index contributed by atoms with van der Waals surface area (Å²) in [6, 6.07) is 16.1. The van der Waals surface area contributed by atoms with Gasteiger partial charge in [0.25, 0.3) is 5.89 Å². The zero-order valence-electron chi connectivity index (χ0n) is 23.5. The number of methoxy groups -OCH3 is 1. The van der Waals surface area contributed by atoms with Crippen LogP contribution in [0.4, 0.5) is 10.1 Å². The molecule has 7 aliphatic rings. The summed E-state index contributed by atoms with van der Waals surface area (Å²) < 4.78 is 31.9. The maximum absolute atomic E-state index is 14.3. The lowest BCUT2D eigenvalue weighted by Gasteiger charge is -2.66. The fourth-order valence-corrected chi connectivity index (χ4v) is 8.02. The van der Waals surface area contributed by atoms with Crippen molar-refractivity contribution in [1.29, 1.82) is 0 Å². The van der Waals surface area contributed by atoms with Gasteiger partial charge in [0.1, 0.15) is 11.4 Å². The van der Waals surface area contributed by atoms with Gasteiger partial charge in [-0.25, -0.2) is 4.39 Å². The van der Waals surface area contributed by atoms with E-state index in [1.165, 1.54) is 5.56 Å². The van der Waals surface area contributed by atoms with E-state index in [-0.39, 0.29) is 22.3 Å². The summed E-state index contributed by atoms with van der Waals surface area (Å²) in [5.74, 6) is 2.57. The van der Waals surface area contributed by atoms with Gasteiger partial charge in [-0.3, -0.25) is 4.79 Å². The van der Waals surface area contributed by atoms with Gasteiger partial charge in [0.2, 0.25) is 5.91 Å². The Labute approximate surface area is 239 Å². The van der Waals surface area contributed by atoms with Gasteiger partial charge in [-0.1, -0.05) is 23.4 Å². The Morgan fingerprint density at radius 1 is 1.05 bits per heavy atom. The van der Waals surface area contributed by atoms with E-state index >= 15 is 0 Å². The number of nitrogens with zero attached hydrogens (tertiary/aromatic N) is 3. The SMILES string of the molecule is COc1ccc(C23CCC(CN(C(=O)CC45CC(F)(C4)C5)c4cccc(-c5nc(C6CC6)no5)c4)(CC2)CO3)cc1. The molecule has 2 aromatic carbocycles. The number of anilines is 1. The number of carbonyl (C=O) groups excluding carboxylic acids is 1. The molecule has 4 bridgehead atoms. The molecule has 7 fully saturated rings. The largest absolute Gasteiger partial charge is 0.497 e. The van der Waals surface area contributed by atoms with Crippen LogP contribution in [0.5, 0.6) is 5.75 Å². The van der Waals surface area contributed by atoms with Gasteiger partial charge in [0.15, 0.2) is 5.82 Å². The molecule has 3 heterocycles. The topological polar surface area (TPSA) is 77.7 Å².